The lowest BCUT2D eigenvalue weighted by molar-refractivity contribution is 0.105. The van der Waals surface area contributed by atoms with Gasteiger partial charge in [0.25, 0.3) is 0 Å². The third kappa shape index (κ3) is 2.23. The van der Waals surface area contributed by atoms with Crippen LogP contribution in [0, 0.1) is 5.92 Å². The highest BCUT2D eigenvalue weighted by Crippen LogP contribution is 2.18. The second kappa shape index (κ2) is 3.69. The molecule has 1 saturated heterocycles. The normalized spacial score (nSPS) is 18.6. The molecule has 1 aromatic carbocycles. The lowest BCUT2D eigenvalue weighted by Gasteiger charge is -2.37. The van der Waals surface area contributed by atoms with Crippen LogP contribution in [0.25, 0.3) is 0 Å². The Bertz CT molecular complexity index is 275. The third-order valence-electron chi connectivity index (χ3n) is 2.46. The summed E-state index contributed by atoms with van der Waals surface area (Å²) in [5.41, 5.74) is 1.36. The molecule has 0 radical (unpaired) electrons. The van der Waals surface area contributed by atoms with Crippen LogP contribution in [0.4, 0.5) is 0 Å². The minimum absolute atomic E-state index is 0.820. The van der Waals surface area contributed by atoms with Gasteiger partial charge in [-0.2, -0.15) is 0 Å². The molecule has 0 spiro atoms. The Labute approximate surface area is 84.3 Å². The van der Waals surface area contributed by atoms with Crippen LogP contribution < -0.4 is 0 Å². The highest BCUT2D eigenvalue weighted by atomic mass is 35.5. The van der Waals surface area contributed by atoms with Gasteiger partial charge in [-0.3, -0.25) is 4.90 Å². The van der Waals surface area contributed by atoms with Crippen molar-refractivity contribution in [1.29, 1.82) is 0 Å². The van der Waals surface area contributed by atoms with Gasteiger partial charge in [0, 0.05) is 24.7 Å². The zero-order valence-corrected chi connectivity index (χ0v) is 8.59. The molecule has 0 amide bonds. The molecule has 70 valence electrons. The Balaban J connectivity index is 1.91. The topological polar surface area (TPSA) is 3.24 Å². The van der Waals surface area contributed by atoms with Crippen LogP contribution in [0.5, 0.6) is 0 Å². The maximum absolute atomic E-state index is 5.81. The van der Waals surface area contributed by atoms with E-state index in [0.717, 1.165) is 17.5 Å². The molecule has 1 aliphatic rings. The van der Waals surface area contributed by atoms with E-state index in [9.17, 15) is 0 Å². The second-order valence-electron chi connectivity index (χ2n) is 3.93. The first kappa shape index (κ1) is 9.04. The van der Waals surface area contributed by atoms with Gasteiger partial charge in [-0.25, -0.2) is 0 Å². The lowest BCUT2D eigenvalue weighted by atomic mass is 10.0. The van der Waals surface area contributed by atoms with Gasteiger partial charge in [0.05, 0.1) is 0 Å². The minimum Gasteiger partial charge on any atom is -0.298 e. The third-order valence-corrected chi connectivity index (χ3v) is 2.71. The fourth-order valence-corrected chi connectivity index (χ4v) is 1.93. The van der Waals surface area contributed by atoms with Crippen LogP contribution in [-0.2, 0) is 6.54 Å². The molecule has 0 unspecified atom stereocenters. The van der Waals surface area contributed by atoms with Gasteiger partial charge >= 0.3 is 0 Å². The van der Waals surface area contributed by atoms with Crippen LogP contribution in [0.2, 0.25) is 5.02 Å². The van der Waals surface area contributed by atoms with Gasteiger partial charge in [-0.15, -0.1) is 0 Å². The van der Waals surface area contributed by atoms with Crippen molar-refractivity contribution in [2.75, 3.05) is 13.1 Å². The van der Waals surface area contributed by atoms with E-state index in [2.05, 4.69) is 24.0 Å². The quantitative estimate of drug-likeness (QED) is 0.702. The number of nitrogens with zero attached hydrogens (tertiary/aromatic N) is 1. The van der Waals surface area contributed by atoms with Crippen LogP contribution >= 0.6 is 11.6 Å². The van der Waals surface area contributed by atoms with Crippen molar-refractivity contribution < 1.29 is 0 Å². The molecule has 2 rings (SSSR count). The Hall–Kier alpha value is -0.530. The van der Waals surface area contributed by atoms with Crippen molar-refractivity contribution in [3.05, 3.63) is 34.9 Å². The van der Waals surface area contributed by atoms with Gasteiger partial charge < -0.3 is 0 Å². The monoisotopic (exact) mass is 195 g/mol. The summed E-state index contributed by atoms with van der Waals surface area (Å²) in [5, 5.41) is 0.820. The average Bonchev–Trinajstić information content (AvgIpc) is 2.06. The molecular formula is C11H14ClN. The van der Waals surface area contributed by atoms with Crippen LogP contribution in [0.1, 0.15) is 12.5 Å². The molecule has 1 aromatic rings. The predicted molar refractivity (Wildman–Crippen MR) is 55.9 cm³/mol. The number of hydrogen-bond acceptors (Lipinski definition) is 1. The van der Waals surface area contributed by atoms with Crippen molar-refractivity contribution in [2.24, 2.45) is 5.92 Å². The maximum Gasteiger partial charge on any atom is 0.0406 e. The summed E-state index contributed by atoms with van der Waals surface area (Å²) in [6, 6.07) is 8.12. The molecule has 0 aliphatic carbocycles. The zero-order valence-electron chi connectivity index (χ0n) is 7.83. The smallest absolute Gasteiger partial charge is 0.0406 e. The average molecular weight is 196 g/mol. The van der Waals surface area contributed by atoms with Crippen molar-refractivity contribution in [1.82, 2.24) is 4.90 Å². The van der Waals surface area contributed by atoms with Crippen molar-refractivity contribution in [3.8, 4) is 0 Å². The SMILES string of the molecule is CC1CN(Cc2ccc(Cl)cc2)C1. The Morgan fingerprint density at radius 1 is 1.31 bits per heavy atom. The van der Waals surface area contributed by atoms with Gasteiger partial charge in [0.2, 0.25) is 0 Å². The first-order valence-corrected chi connectivity index (χ1v) is 5.08. The van der Waals surface area contributed by atoms with Gasteiger partial charge in [0.1, 0.15) is 0 Å². The van der Waals surface area contributed by atoms with Gasteiger partial charge in [0.15, 0.2) is 0 Å². The molecule has 1 fully saturated rings. The Kier molecular flexibility index (Phi) is 2.56. The summed E-state index contributed by atoms with van der Waals surface area (Å²) in [6.45, 7) is 5.84. The van der Waals surface area contributed by atoms with Crippen molar-refractivity contribution in [2.45, 2.75) is 13.5 Å². The summed E-state index contributed by atoms with van der Waals surface area (Å²) in [6.07, 6.45) is 0. The van der Waals surface area contributed by atoms with Crippen molar-refractivity contribution in [3.63, 3.8) is 0 Å². The number of halogens is 1. The lowest BCUT2D eigenvalue weighted by Crippen LogP contribution is -2.44. The molecule has 1 heterocycles. The summed E-state index contributed by atoms with van der Waals surface area (Å²) in [4.78, 5) is 2.45. The molecule has 0 saturated carbocycles. The number of hydrogen-bond donors (Lipinski definition) is 0. The first-order chi connectivity index (χ1) is 6.24. The summed E-state index contributed by atoms with van der Waals surface area (Å²) < 4.78 is 0. The predicted octanol–water partition coefficient (Wildman–Crippen LogP) is 2.79. The molecule has 0 aromatic heterocycles. The standard InChI is InChI=1S/C11H14ClN/c1-9-6-13(7-9)8-10-2-4-11(12)5-3-10/h2-5,9H,6-8H2,1H3. The van der Waals surface area contributed by atoms with E-state index in [-0.39, 0.29) is 0 Å². The molecule has 0 N–H and O–H groups in total. The van der Waals surface area contributed by atoms with E-state index in [1.807, 2.05) is 12.1 Å². The molecule has 13 heavy (non-hydrogen) atoms. The number of likely N-dealkylation sites (tertiary alicyclic amines) is 1. The molecular weight excluding hydrogens is 182 g/mol. The van der Waals surface area contributed by atoms with Crippen molar-refractivity contribution >= 4 is 11.6 Å². The van der Waals surface area contributed by atoms with Crippen LogP contribution in [0.3, 0.4) is 0 Å². The Morgan fingerprint density at radius 2 is 1.92 bits per heavy atom. The van der Waals surface area contributed by atoms with E-state index in [4.69, 9.17) is 11.6 Å². The van der Waals surface area contributed by atoms with E-state index in [1.165, 1.54) is 18.7 Å². The highest BCUT2D eigenvalue weighted by Gasteiger charge is 2.21. The minimum atomic E-state index is 0.820. The highest BCUT2D eigenvalue weighted by molar-refractivity contribution is 6.30. The molecule has 1 nitrogen and oxygen atoms in total. The zero-order chi connectivity index (χ0) is 9.26. The van der Waals surface area contributed by atoms with E-state index >= 15 is 0 Å². The van der Waals surface area contributed by atoms with Gasteiger partial charge in [-0.05, 0) is 23.6 Å². The van der Waals surface area contributed by atoms with Gasteiger partial charge in [-0.1, -0.05) is 30.7 Å². The van der Waals surface area contributed by atoms with Crippen LogP contribution in [-0.4, -0.2) is 18.0 Å². The fraction of sp³-hybridized carbons (Fsp3) is 0.455. The molecule has 0 atom stereocenters. The summed E-state index contributed by atoms with van der Waals surface area (Å²) >= 11 is 5.81. The Morgan fingerprint density at radius 3 is 2.46 bits per heavy atom. The molecule has 1 aliphatic heterocycles. The molecule has 0 bridgehead atoms. The summed E-state index contributed by atoms with van der Waals surface area (Å²) in [7, 11) is 0. The number of rotatable bonds is 2. The maximum atomic E-state index is 5.81. The first-order valence-electron chi connectivity index (χ1n) is 4.71. The second-order valence-corrected chi connectivity index (χ2v) is 4.36. The van der Waals surface area contributed by atoms with E-state index in [1.54, 1.807) is 0 Å². The van der Waals surface area contributed by atoms with E-state index in [0.29, 0.717) is 0 Å². The number of benzene rings is 1. The summed E-state index contributed by atoms with van der Waals surface area (Å²) in [5.74, 6) is 0.882. The fourth-order valence-electron chi connectivity index (χ4n) is 1.81. The van der Waals surface area contributed by atoms with Crippen LogP contribution in [0.15, 0.2) is 24.3 Å². The largest absolute Gasteiger partial charge is 0.298 e. The molecule has 2 heteroatoms. The van der Waals surface area contributed by atoms with E-state index < -0.39 is 0 Å².